The van der Waals surface area contributed by atoms with Gasteiger partial charge in [0.1, 0.15) is 0 Å². The lowest BCUT2D eigenvalue weighted by Crippen LogP contribution is -1.88. The van der Waals surface area contributed by atoms with E-state index in [0.29, 0.717) is 0 Å². The molecule has 0 fully saturated rings. The lowest BCUT2D eigenvalue weighted by atomic mass is 9.94. The number of allylic oxidation sites excluding steroid dienone is 1. The van der Waals surface area contributed by atoms with Crippen LogP contribution in [0.2, 0.25) is 0 Å². The maximum Gasteiger partial charge on any atom is -0.0154 e. The number of hydrogen-bond acceptors (Lipinski definition) is 0. The summed E-state index contributed by atoms with van der Waals surface area (Å²) in [4.78, 5) is 0. The fraction of sp³-hybridized carbons (Fsp3) is 0.167. The first-order chi connectivity index (χ1) is 11.7. The predicted octanol–water partition coefficient (Wildman–Crippen LogP) is 6.76. The summed E-state index contributed by atoms with van der Waals surface area (Å²) in [6, 6.07) is 24.4. The van der Waals surface area contributed by atoms with E-state index in [4.69, 9.17) is 0 Å². The van der Waals surface area contributed by atoms with Gasteiger partial charge in [-0.25, -0.2) is 0 Å². The zero-order valence-electron chi connectivity index (χ0n) is 14.5. The van der Waals surface area contributed by atoms with Crippen LogP contribution in [0.15, 0.2) is 79.4 Å². The van der Waals surface area contributed by atoms with Crippen molar-refractivity contribution in [1.82, 2.24) is 0 Å². The fourth-order valence-corrected chi connectivity index (χ4v) is 3.03. The van der Waals surface area contributed by atoms with Crippen LogP contribution < -0.4 is 0 Å². The number of hydrogen-bond donors (Lipinski definition) is 0. The molecule has 0 aromatic heterocycles. The van der Waals surface area contributed by atoms with Crippen LogP contribution in [-0.2, 0) is 6.42 Å². The third kappa shape index (κ3) is 3.65. The van der Waals surface area contributed by atoms with Gasteiger partial charge >= 0.3 is 0 Å². The van der Waals surface area contributed by atoms with Gasteiger partial charge in [0.2, 0.25) is 0 Å². The average Bonchev–Trinajstić information content (AvgIpc) is 2.61. The maximum absolute atomic E-state index is 3.79. The van der Waals surface area contributed by atoms with Crippen molar-refractivity contribution in [2.24, 2.45) is 0 Å². The van der Waals surface area contributed by atoms with Crippen LogP contribution in [0.4, 0.5) is 0 Å². The smallest absolute Gasteiger partial charge is 0.0154 e. The quantitative estimate of drug-likeness (QED) is 0.457. The van der Waals surface area contributed by atoms with Gasteiger partial charge in [0, 0.05) is 0 Å². The Balaban J connectivity index is 1.87. The van der Waals surface area contributed by atoms with Gasteiger partial charge in [0.05, 0.1) is 0 Å². The molecule has 0 saturated carbocycles. The molecule has 0 spiro atoms. The highest BCUT2D eigenvalue weighted by Gasteiger charge is 2.05. The van der Waals surface area contributed by atoms with Crippen LogP contribution in [0.5, 0.6) is 0 Å². The highest BCUT2D eigenvalue weighted by atomic mass is 14.1. The molecule has 3 aromatic rings. The van der Waals surface area contributed by atoms with E-state index in [1.165, 1.54) is 38.9 Å². The summed E-state index contributed by atoms with van der Waals surface area (Å²) in [6.45, 7) is 8.11. The van der Waals surface area contributed by atoms with Gasteiger partial charge in [-0.05, 0) is 60.1 Å². The normalized spacial score (nSPS) is 10.6. The summed E-state index contributed by atoms with van der Waals surface area (Å²) in [5.74, 6) is 0. The molecular formula is C24H24. The lowest BCUT2D eigenvalue weighted by molar-refractivity contribution is 1.00. The molecule has 0 heteroatoms. The molecule has 3 rings (SSSR count). The van der Waals surface area contributed by atoms with Gasteiger partial charge in [-0.15, -0.1) is 6.58 Å². The molecular weight excluding hydrogens is 288 g/mol. The fourth-order valence-electron chi connectivity index (χ4n) is 3.03. The Labute approximate surface area is 145 Å². The van der Waals surface area contributed by atoms with E-state index in [2.05, 4.69) is 87.2 Å². The Hall–Kier alpha value is -2.60. The topological polar surface area (TPSA) is 0 Å². The van der Waals surface area contributed by atoms with Crippen LogP contribution >= 0.6 is 0 Å². The van der Waals surface area contributed by atoms with Gasteiger partial charge in [-0.3, -0.25) is 0 Å². The zero-order chi connectivity index (χ0) is 16.9. The standard InChI is InChI=1S/C24H24/c1-4-5-6-20-9-13-22(14-10-20)24-16-15-23(17-19(24)3)21-11-7-18(2)8-12-21/h4,7-17H,1,5-6H2,2-3H3. The summed E-state index contributed by atoms with van der Waals surface area (Å²) in [6.07, 6.45) is 4.07. The molecule has 0 saturated heterocycles. The van der Waals surface area contributed by atoms with E-state index < -0.39 is 0 Å². The molecule has 0 radical (unpaired) electrons. The minimum atomic E-state index is 1.03. The SMILES string of the molecule is C=CCCc1ccc(-c2ccc(-c3ccc(C)cc3)cc2C)cc1. The first-order valence-corrected chi connectivity index (χ1v) is 8.55. The third-order valence-electron chi connectivity index (χ3n) is 4.51. The van der Waals surface area contributed by atoms with Crippen molar-refractivity contribution in [2.75, 3.05) is 0 Å². The van der Waals surface area contributed by atoms with Crippen molar-refractivity contribution in [2.45, 2.75) is 26.7 Å². The van der Waals surface area contributed by atoms with E-state index in [1.807, 2.05) is 6.08 Å². The Morgan fingerprint density at radius 1 is 0.750 bits per heavy atom. The Morgan fingerprint density at radius 2 is 1.38 bits per heavy atom. The summed E-state index contributed by atoms with van der Waals surface area (Å²) in [7, 11) is 0. The van der Waals surface area contributed by atoms with Gasteiger partial charge in [-0.1, -0.05) is 78.4 Å². The molecule has 120 valence electrons. The van der Waals surface area contributed by atoms with Crippen LogP contribution in [-0.4, -0.2) is 0 Å². The maximum atomic E-state index is 3.79. The molecule has 0 aliphatic carbocycles. The number of aryl methyl sites for hydroxylation is 3. The molecule has 0 heterocycles. The summed E-state index contributed by atoms with van der Waals surface area (Å²) >= 11 is 0. The highest BCUT2D eigenvalue weighted by molar-refractivity contribution is 5.73. The van der Waals surface area contributed by atoms with Crippen molar-refractivity contribution in [3.05, 3.63) is 96.1 Å². The second-order valence-corrected chi connectivity index (χ2v) is 6.42. The van der Waals surface area contributed by atoms with E-state index in [0.717, 1.165) is 12.8 Å². The molecule has 0 N–H and O–H groups in total. The lowest BCUT2D eigenvalue weighted by Gasteiger charge is -2.10. The molecule has 0 aliphatic heterocycles. The monoisotopic (exact) mass is 312 g/mol. The summed E-state index contributed by atoms with van der Waals surface area (Å²) < 4.78 is 0. The number of rotatable bonds is 5. The number of benzene rings is 3. The van der Waals surface area contributed by atoms with Crippen molar-refractivity contribution in [3.63, 3.8) is 0 Å². The first-order valence-electron chi connectivity index (χ1n) is 8.55. The van der Waals surface area contributed by atoms with Crippen molar-refractivity contribution in [3.8, 4) is 22.3 Å². The van der Waals surface area contributed by atoms with Gasteiger partial charge in [-0.2, -0.15) is 0 Å². The predicted molar refractivity (Wildman–Crippen MR) is 105 cm³/mol. The van der Waals surface area contributed by atoms with Gasteiger partial charge in [0.15, 0.2) is 0 Å². The third-order valence-corrected chi connectivity index (χ3v) is 4.51. The van der Waals surface area contributed by atoms with E-state index in [1.54, 1.807) is 0 Å². The molecule has 0 amide bonds. The Morgan fingerprint density at radius 3 is 2.00 bits per heavy atom. The second-order valence-electron chi connectivity index (χ2n) is 6.42. The summed E-state index contributed by atoms with van der Waals surface area (Å²) in [5, 5.41) is 0. The first kappa shape index (κ1) is 16.3. The minimum absolute atomic E-state index is 1.03. The van der Waals surface area contributed by atoms with E-state index >= 15 is 0 Å². The second kappa shape index (κ2) is 7.31. The molecule has 0 aliphatic rings. The van der Waals surface area contributed by atoms with Gasteiger partial charge in [0.25, 0.3) is 0 Å². The van der Waals surface area contributed by atoms with Crippen molar-refractivity contribution >= 4 is 0 Å². The molecule has 3 aromatic carbocycles. The average molecular weight is 312 g/mol. The molecule has 0 atom stereocenters. The van der Waals surface area contributed by atoms with Crippen molar-refractivity contribution in [1.29, 1.82) is 0 Å². The Bertz CT molecular complexity index is 821. The molecule has 0 bridgehead atoms. The van der Waals surface area contributed by atoms with E-state index in [-0.39, 0.29) is 0 Å². The van der Waals surface area contributed by atoms with Crippen LogP contribution in [0, 0.1) is 13.8 Å². The van der Waals surface area contributed by atoms with E-state index in [9.17, 15) is 0 Å². The molecule has 0 nitrogen and oxygen atoms in total. The van der Waals surface area contributed by atoms with Crippen LogP contribution in [0.25, 0.3) is 22.3 Å². The highest BCUT2D eigenvalue weighted by Crippen LogP contribution is 2.29. The minimum Gasteiger partial charge on any atom is -0.103 e. The van der Waals surface area contributed by atoms with Crippen LogP contribution in [0.3, 0.4) is 0 Å². The van der Waals surface area contributed by atoms with Gasteiger partial charge < -0.3 is 0 Å². The molecule has 0 unspecified atom stereocenters. The largest absolute Gasteiger partial charge is 0.103 e. The Kier molecular flexibility index (Phi) is 4.96. The van der Waals surface area contributed by atoms with Crippen molar-refractivity contribution < 1.29 is 0 Å². The van der Waals surface area contributed by atoms with Crippen LogP contribution in [0.1, 0.15) is 23.1 Å². The zero-order valence-corrected chi connectivity index (χ0v) is 14.5. The molecule has 24 heavy (non-hydrogen) atoms. The summed E-state index contributed by atoms with van der Waals surface area (Å²) in [5.41, 5.74) is 9.11.